The molecule has 0 bridgehead atoms. The van der Waals surface area contributed by atoms with Crippen LogP contribution < -0.4 is 0 Å². The number of aryl methyl sites for hydroxylation is 1. The van der Waals surface area contributed by atoms with Crippen LogP contribution in [0.1, 0.15) is 45.2 Å². The molecule has 2 nitrogen and oxygen atoms in total. The van der Waals surface area contributed by atoms with Crippen molar-refractivity contribution in [2.75, 3.05) is 0 Å². The summed E-state index contributed by atoms with van der Waals surface area (Å²) in [6.07, 6.45) is -2.44. The average Bonchev–Trinajstić information content (AvgIpc) is 2.16. The molecule has 0 unspecified atom stereocenters. The van der Waals surface area contributed by atoms with Gasteiger partial charge in [0.05, 0.1) is 0 Å². The standard InChI is InChI=1S/C11H10F2O2/c1-6-3-8(7(2)15)10(5-14)9(4-6)11(12)13/h3-5,11H,1-2H3. The summed E-state index contributed by atoms with van der Waals surface area (Å²) < 4.78 is 25.1. The quantitative estimate of drug-likeness (QED) is 0.570. The third kappa shape index (κ3) is 2.26. The van der Waals surface area contributed by atoms with Crippen molar-refractivity contribution in [1.82, 2.24) is 0 Å². The minimum Gasteiger partial charge on any atom is -0.298 e. The number of halogens is 2. The zero-order valence-corrected chi connectivity index (χ0v) is 8.38. The molecule has 0 saturated heterocycles. The number of ketones is 1. The Bertz CT molecular complexity index is 411. The predicted octanol–water partition coefficient (Wildman–Crippen LogP) is 2.95. The lowest BCUT2D eigenvalue weighted by molar-refractivity contribution is 0.100. The van der Waals surface area contributed by atoms with E-state index in [9.17, 15) is 18.4 Å². The highest BCUT2D eigenvalue weighted by Crippen LogP contribution is 2.26. The number of carbonyl (C=O) groups excluding carboxylic acids is 2. The highest BCUT2D eigenvalue weighted by molar-refractivity contribution is 6.02. The van der Waals surface area contributed by atoms with Crippen LogP contribution in [0.5, 0.6) is 0 Å². The number of aldehydes is 1. The summed E-state index contributed by atoms with van der Waals surface area (Å²) in [4.78, 5) is 21.8. The van der Waals surface area contributed by atoms with E-state index in [-0.39, 0.29) is 22.5 Å². The van der Waals surface area contributed by atoms with E-state index in [1.165, 1.54) is 19.1 Å². The Hall–Kier alpha value is -1.58. The number of carbonyl (C=O) groups is 2. The van der Waals surface area contributed by atoms with E-state index in [4.69, 9.17) is 0 Å². The Labute approximate surface area is 85.9 Å². The molecule has 80 valence electrons. The summed E-state index contributed by atoms with van der Waals surface area (Å²) in [6.45, 7) is 2.85. The van der Waals surface area contributed by atoms with Crippen molar-refractivity contribution in [3.05, 3.63) is 34.4 Å². The van der Waals surface area contributed by atoms with Crippen LogP contribution in [-0.2, 0) is 0 Å². The highest BCUT2D eigenvalue weighted by atomic mass is 19.3. The zero-order chi connectivity index (χ0) is 11.6. The van der Waals surface area contributed by atoms with E-state index in [1.54, 1.807) is 6.92 Å². The van der Waals surface area contributed by atoms with Crippen LogP contribution in [0.25, 0.3) is 0 Å². The molecule has 1 aromatic rings. The maximum atomic E-state index is 12.6. The highest BCUT2D eigenvalue weighted by Gasteiger charge is 2.18. The van der Waals surface area contributed by atoms with Crippen LogP contribution in [0.3, 0.4) is 0 Å². The van der Waals surface area contributed by atoms with Crippen LogP contribution in [0.4, 0.5) is 8.78 Å². The molecule has 0 heterocycles. The SMILES string of the molecule is CC(=O)c1cc(C)cc(C(F)F)c1C=O. The molecule has 1 rings (SSSR count). The molecule has 0 atom stereocenters. The van der Waals surface area contributed by atoms with Crippen molar-refractivity contribution in [1.29, 1.82) is 0 Å². The first-order valence-corrected chi connectivity index (χ1v) is 4.36. The molecule has 0 aliphatic rings. The number of alkyl halides is 2. The fourth-order valence-corrected chi connectivity index (χ4v) is 1.43. The monoisotopic (exact) mass is 212 g/mol. The van der Waals surface area contributed by atoms with Crippen molar-refractivity contribution in [2.24, 2.45) is 0 Å². The molecule has 0 saturated carbocycles. The van der Waals surface area contributed by atoms with Gasteiger partial charge in [-0.05, 0) is 31.5 Å². The van der Waals surface area contributed by atoms with Gasteiger partial charge >= 0.3 is 0 Å². The van der Waals surface area contributed by atoms with Gasteiger partial charge in [0.25, 0.3) is 6.43 Å². The van der Waals surface area contributed by atoms with E-state index in [2.05, 4.69) is 0 Å². The van der Waals surface area contributed by atoms with E-state index in [0.717, 1.165) is 0 Å². The number of Topliss-reactive ketones (excluding diaryl/α,β-unsaturated/α-hetero) is 1. The van der Waals surface area contributed by atoms with Gasteiger partial charge in [-0.1, -0.05) is 0 Å². The van der Waals surface area contributed by atoms with Gasteiger partial charge in [0.15, 0.2) is 12.1 Å². The van der Waals surface area contributed by atoms with Crippen LogP contribution in [-0.4, -0.2) is 12.1 Å². The summed E-state index contributed by atoms with van der Waals surface area (Å²) >= 11 is 0. The Morgan fingerprint density at radius 2 is 2.00 bits per heavy atom. The van der Waals surface area contributed by atoms with Gasteiger partial charge in [-0.15, -0.1) is 0 Å². The fraction of sp³-hybridized carbons (Fsp3) is 0.273. The van der Waals surface area contributed by atoms with Crippen LogP contribution >= 0.6 is 0 Å². The number of hydrogen-bond acceptors (Lipinski definition) is 2. The second-order valence-corrected chi connectivity index (χ2v) is 3.29. The first-order valence-electron chi connectivity index (χ1n) is 4.36. The maximum absolute atomic E-state index is 12.6. The summed E-state index contributed by atoms with van der Waals surface area (Å²) in [5.41, 5.74) is 0.0136. The van der Waals surface area contributed by atoms with Crippen molar-refractivity contribution in [2.45, 2.75) is 20.3 Å². The second kappa shape index (κ2) is 4.29. The van der Waals surface area contributed by atoms with E-state index in [0.29, 0.717) is 11.8 Å². The molecule has 0 amide bonds. The molecule has 0 aromatic heterocycles. The first kappa shape index (κ1) is 11.5. The Morgan fingerprint density at radius 1 is 1.40 bits per heavy atom. The van der Waals surface area contributed by atoms with Crippen LogP contribution in [0.2, 0.25) is 0 Å². The van der Waals surface area contributed by atoms with E-state index < -0.39 is 6.43 Å². The number of hydrogen-bond donors (Lipinski definition) is 0. The largest absolute Gasteiger partial charge is 0.298 e. The van der Waals surface area contributed by atoms with Crippen LogP contribution in [0, 0.1) is 6.92 Å². The van der Waals surface area contributed by atoms with Gasteiger partial charge in [-0.25, -0.2) is 8.78 Å². The van der Waals surface area contributed by atoms with Gasteiger partial charge in [0, 0.05) is 16.7 Å². The molecular formula is C11H10F2O2. The maximum Gasteiger partial charge on any atom is 0.264 e. The number of rotatable bonds is 3. The van der Waals surface area contributed by atoms with Gasteiger partial charge in [-0.2, -0.15) is 0 Å². The van der Waals surface area contributed by atoms with E-state index >= 15 is 0 Å². The third-order valence-electron chi connectivity index (χ3n) is 2.09. The van der Waals surface area contributed by atoms with Gasteiger partial charge < -0.3 is 0 Å². The number of benzene rings is 1. The Balaban J connectivity index is 3.52. The predicted molar refractivity (Wildman–Crippen MR) is 51.5 cm³/mol. The lowest BCUT2D eigenvalue weighted by atomic mass is 9.97. The first-order chi connectivity index (χ1) is 6.97. The molecule has 0 radical (unpaired) electrons. The lowest BCUT2D eigenvalue weighted by Gasteiger charge is -2.09. The van der Waals surface area contributed by atoms with Gasteiger partial charge in [0.1, 0.15) is 0 Å². The third-order valence-corrected chi connectivity index (χ3v) is 2.09. The molecule has 0 spiro atoms. The summed E-state index contributed by atoms with van der Waals surface area (Å²) in [6, 6.07) is 2.67. The zero-order valence-electron chi connectivity index (χ0n) is 8.38. The summed E-state index contributed by atoms with van der Waals surface area (Å²) in [5.74, 6) is -0.386. The van der Waals surface area contributed by atoms with Crippen LogP contribution in [0.15, 0.2) is 12.1 Å². The van der Waals surface area contributed by atoms with Gasteiger partial charge in [-0.3, -0.25) is 9.59 Å². The minimum absolute atomic E-state index is 0.0558. The second-order valence-electron chi connectivity index (χ2n) is 3.29. The average molecular weight is 212 g/mol. The molecule has 0 aliphatic heterocycles. The summed E-state index contributed by atoms with van der Waals surface area (Å²) in [7, 11) is 0. The molecule has 15 heavy (non-hydrogen) atoms. The van der Waals surface area contributed by atoms with Crippen molar-refractivity contribution in [3.8, 4) is 0 Å². The smallest absolute Gasteiger partial charge is 0.264 e. The Morgan fingerprint density at radius 3 is 2.40 bits per heavy atom. The molecule has 0 N–H and O–H groups in total. The molecule has 1 aromatic carbocycles. The topological polar surface area (TPSA) is 34.1 Å². The van der Waals surface area contributed by atoms with Gasteiger partial charge in [0.2, 0.25) is 0 Å². The van der Waals surface area contributed by atoms with E-state index in [1.807, 2.05) is 0 Å². The molecular weight excluding hydrogens is 202 g/mol. The fourth-order valence-electron chi connectivity index (χ4n) is 1.43. The summed E-state index contributed by atoms with van der Waals surface area (Å²) in [5, 5.41) is 0. The normalized spacial score (nSPS) is 10.5. The molecule has 0 fully saturated rings. The Kier molecular flexibility index (Phi) is 3.29. The molecule has 0 aliphatic carbocycles. The van der Waals surface area contributed by atoms with Crippen molar-refractivity contribution in [3.63, 3.8) is 0 Å². The van der Waals surface area contributed by atoms with Crippen molar-refractivity contribution < 1.29 is 18.4 Å². The lowest BCUT2D eigenvalue weighted by Crippen LogP contribution is -2.04. The minimum atomic E-state index is -2.75. The van der Waals surface area contributed by atoms with Crippen molar-refractivity contribution >= 4 is 12.1 Å². The molecule has 4 heteroatoms.